The van der Waals surface area contributed by atoms with E-state index in [0.717, 1.165) is 6.54 Å². The Balaban J connectivity index is 1.32. The molecule has 1 aromatic heterocycles. The van der Waals surface area contributed by atoms with E-state index in [0.29, 0.717) is 43.9 Å². The number of imide groups is 1. The van der Waals surface area contributed by atoms with Crippen LogP contribution in [0.3, 0.4) is 0 Å². The van der Waals surface area contributed by atoms with Crippen molar-refractivity contribution in [2.45, 2.75) is 37.6 Å². The highest BCUT2D eigenvalue weighted by Crippen LogP contribution is 2.33. The molecule has 4 heterocycles. The summed E-state index contributed by atoms with van der Waals surface area (Å²) in [5.74, 6) is -1.28. The minimum atomic E-state index is -1.01. The van der Waals surface area contributed by atoms with Gasteiger partial charge in [0.05, 0.1) is 23.9 Å². The lowest BCUT2D eigenvalue weighted by atomic mass is 9.99. The number of hydrogen-bond acceptors (Lipinski definition) is 6. The standard InChI is InChI=1S/C22H27F2N5O4/c1-27-20-15(29(22(27)32)16-4-5-18(30)26-21(16)31)3-2-14(19(20)24)28-9-12(10-28)11-33-17-6-7-25-8-13(17)23/h2-3,12-13,16-17,25H,4-11H2,1H3,(H,26,30,31)/t13-,16?,17+/m0/s1. The topological polar surface area (TPSA) is 97.6 Å². The van der Waals surface area contributed by atoms with Gasteiger partial charge in [-0.25, -0.2) is 13.6 Å². The molecule has 3 atom stereocenters. The van der Waals surface area contributed by atoms with Crippen LogP contribution in [0.1, 0.15) is 25.3 Å². The summed E-state index contributed by atoms with van der Waals surface area (Å²) < 4.78 is 37.6. The van der Waals surface area contributed by atoms with Crippen LogP contribution in [-0.2, 0) is 21.4 Å². The first-order valence-corrected chi connectivity index (χ1v) is 11.3. The molecule has 9 nitrogen and oxygen atoms in total. The van der Waals surface area contributed by atoms with Crippen LogP contribution in [0.2, 0.25) is 0 Å². The van der Waals surface area contributed by atoms with Gasteiger partial charge in [-0.2, -0.15) is 0 Å². The number of nitrogens with zero attached hydrogens (tertiary/aromatic N) is 3. The number of piperidine rings is 2. The molecule has 3 fully saturated rings. The Hall–Kier alpha value is -2.79. The Kier molecular flexibility index (Phi) is 5.69. The quantitative estimate of drug-likeness (QED) is 0.631. The van der Waals surface area contributed by atoms with E-state index in [4.69, 9.17) is 4.74 Å². The fourth-order valence-electron chi connectivity index (χ4n) is 5.01. The number of aromatic nitrogens is 2. The minimum Gasteiger partial charge on any atom is -0.375 e. The summed E-state index contributed by atoms with van der Waals surface area (Å²) in [4.78, 5) is 38.5. The van der Waals surface area contributed by atoms with Gasteiger partial charge in [0.2, 0.25) is 11.8 Å². The molecule has 2 N–H and O–H groups in total. The molecule has 3 aliphatic rings. The number of carbonyl (C=O) groups excluding carboxylic acids is 2. The molecular weight excluding hydrogens is 436 g/mol. The second-order valence-electron chi connectivity index (χ2n) is 9.10. The van der Waals surface area contributed by atoms with Gasteiger partial charge in [0.1, 0.15) is 17.7 Å². The maximum atomic E-state index is 15.5. The van der Waals surface area contributed by atoms with Gasteiger partial charge >= 0.3 is 5.69 Å². The van der Waals surface area contributed by atoms with E-state index >= 15 is 4.39 Å². The largest absolute Gasteiger partial charge is 0.375 e. The zero-order chi connectivity index (χ0) is 23.3. The van der Waals surface area contributed by atoms with Gasteiger partial charge in [-0.05, 0) is 31.5 Å². The summed E-state index contributed by atoms with van der Waals surface area (Å²) in [6.45, 7) is 2.63. The van der Waals surface area contributed by atoms with E-state index in [-0.39, 0.29) is 30.2 Å². The van der Waals surface area contributed by atoms with E-state index in [2.05, 4.69) is 10.6 Å². The smallest absolute Gasteiger partial charge is 0.329 e. The summed E-state index contributed by atoms with van der Waals surface area (Å²) in [6.07, 6.45) is -0.449. The molecule has 1 unspecified atom stereocenters. The van der Waals surface area contributed by atoms with Crippen LogP contribution in [0.5, 0.6) is 0 Å². The zero-order valence-corrected chi connectivity index (χ0v) is 18.4. The van der Waals surface area contributed by atoms with Crippen LogP contribution in [-0.4, -0.2) is 66.0 Å². The summed E-state index contributed by atoms with van der Waals surface area (Å²) >= 11 is 0. The lowest BCUT2D eigenvalue weighted by Gasteiger charge is -2.42. The third-order valence-corrected chi connectivity index (χ3v) is 6.88. The molecular formula is C22H27F2N5O4. The van der Waals surface area contributed by atoms with Crippen molar-refractivity contribution in [1.29, 1.82) is 0 Å². The third kappa shape index (κ3) is 3.82. The Labute approximate surface area is 188 Å². The maximum absolute atomic E-state index is 15.5. The van der Waals surface area contributed by atoms with Gasteiger partial charge < -0.3 is 15.0 Å². The molecule has 0 bridgehead atoms. The SMILES string of the molecule is Cn1c(=O)n(C2CCC(=O)NC2=O)c2ccc(N3CC(CO[C@@H]4CCNC[C@@H]4F)C3)c(F)c21. The van der Waals surface area contributed by atoms with Crippen LogP contribution in [0.25, 0.3) is 11.0 Å². The Morgan fingerprint density at radius 3 is 2.70 bits per heavy atom. The lowest BCUT2D eigenvalue weighted by Crippen LogP contribution is -2.51. The molecule has 3 aliphatic heterocycles. The Bertz CT molecular complexity index is 1160. The molecule has 0 radical (unpaired) electrons. The normalized spacial score (nSPS) is 26.5. The monoisotopic (exact) mass is 463 g/mol. The average molecular weight is 463 g/mol. The molecule has 0 aliphatic carbocycles. The molecule has 2 aromatic rings. The number of amides is 2. The van der Waals surface area contributed by atoms with E-state index in [1.54, 1.807) is 12.1 Å². The fourth-order valence-corrected chi connectivity index (χ4v) is 5.01. The van der Waals surface area contributed by atoms with Crippen molar-refractivity contribution in [3.05, 3.63) is 28.4 Å². The highest BCUT2D eigenvalue weighted by atomic mass is 19.1. The van der Waals surface area contributed by atoms with Gasteiger partial charge in [-0.1, -0.05) is 0 Å². The van der Waals surface area contributed by atoms with Crippen molar-refractivity contribution in [3.8, 4) is 0 Å². The second kappa shape index (κ2) is 8.53. The first-order valence-electron chi connectivity index (χ1n) is 11.3. The van der Waals surface area contributed by atoms with Crippen LogP contribution in [0.15, 0.2) is 16.9 Å². The zero-order valence-electron chi connectivity index (χ0n) is 18.4. The number of ether oxygens (including phenoxy) is 1. The number of alkyl halides is 1. The Morgan fingerprint density at radius 1 is 1.18 bits per heavy atom. The van der Waals surface area contributed by atoms with Crippen molar-refractivity contribution in [1.82, 2.24) is 19.8 Å². The first kappa shape index (κ1) is 22.0. The number of benzene rings is 1. The second-order valence-corrected chi connectivity index (χ2v) is 9.10. The van der Waals surface area contributed by atoms with Gasteiger partial charge in [0.15, 0.2) is 5.82 Å². The van der Waals surface area contributed by atoms with E-state index in [9.17, 15) is 18.8 Å². The number of halogens is 2. The van der Waals surface area contributed by atoms with Crippen LogP contribution in [0.4, 0.5) is 14.5 Å². The summed E-state index contributed by atoms with van der Waals surface area (Å²) in [7, 11) is 1.47. The number of carbonyl (C=O) groups is 2. The number of fused-ring (bicyclic) bond motifs is 1. The van der Waals surface area contributed by atoms with Crippen molar-refractivity contribution in [2.24, 2.45) is 13.0 Å². The highest BCUT2D eigenvalue weighted by molar-refractivity contribution is 6.00. The average Bonchev–Trinajstić information content (AvgIpc) is 3.00. The van der Waals surface area contributed by atoms with Crippen LogP contribution < -0.4 is 21.2 Å². The van der Waals surface area contributed by atoms with E-state index in [1.807, 2.05) is 4.90 Å². The molecule has 0 spiro atoms. The molecule has 1 aromatic carbocycles. The van der Waals surface area contributed by atoms with Gasteiger partial charge in [0.25, 0.3) is 0 Å². The fraction of sp³-hybridized carbons (Fsp3) is 0.591. The van der Waals surface area contributed by atoms with E-state index < -0.39 is 35.7 Å². The number of imidazole rings is 1. The predicted octanol–water partition coefficient (Wildman–Crippen LogP) is 0.610. The molecule has 178 valence electrons. The molecule has 5 rings (SSSR count). The summed E-state index contributed by atoms with van der Waals surface area (Å²) in [5.41, 5.74) is 0.309. The van der Waals surface area contributed by atoms with Gasteiger partial charge in [-0.15, -0.1) is 0 Å². The van der Waals surface area contributed by atoms with Gasteiger partial charge in [-0.3, -0.25) is 24.0 Å². The molecule has 11 heteroatoms. The van der Waals surface area contributed by atoms with Crippen molar-refractivity contribution >= 4 is 28.5 Å². The molecule has 3 saturated heterocycles. The third-order valence-electron chi connectivity index (χ3n) is 6.88. The van der Waals surface area contributed by atoms with Crippen molar-refractivity contribution in [2.75, 3.05) is 37.7 Å². The lowest BCUT2D eigenvalue weighted by molar-refractivity contribution is -0.135. The first-order chi connectivity index (χ1) is 15.8. The van der Waals surface area contributed by atoms with E-state index in [1.165, 1.54) is 16.2 Å². The highest BCUT2D eigenvalue weighted by Gasteiger charge is 2.35. The number of anilines is 1. The Morgan fingerprint density at radius 2 is 1.97 bits per heavy atom. The minimum absolute atomic E-state index is 0.122. The van der Waals surface area contributed by atoms with Crippen molar-refractivity contribution in [3.63, 3.8) is 0 Å². The van der Waals surface area contributed by atoms with Crippen LogP contribution in [0, 0.1) is 11.7 Å². The molecule has 2 amide bonds. The summed E-state index contributed by atoms with van der Waals surface area (Å²) in [6, 6.07) is 2.40. The summed E-state index contributed by atoms with van der Waals surface area (Å²) in [5, 5.41) is 5.24. The van der Waals surface area contributed by atoms with Crippen LogP contribution >= 0.6 is 0 Å². The maximum Gasteiger partial charge on any atom is 0.329 e. The molecule has 33 heavy (non-hydrogen) atoms. The molecule has 0 saturated carbocycles. The number of hydrogen-bond donors (Lipinski definition) is 2. The predicted molar refractivity (Wildman–Crippen MR) is 116 cm³/mol. The number of aryl methyl sites for hydroxylation is 1. The van der Waals surface area contributed by atoms with Crippen molar-refractivity contribution < 1.29 is 23.1 Å². The number of rotatable bonds is 5. The van der Waals surface area contributed by atoms with Gasteiger partial charge in [0, 0.05) is 39.0 Å². The number of nitrogens with one attached hydrogen (secondary N) is 2.